The number of piperidine rings is 1. The minimum absolute atomic E-state index is 0.0713. The Kier molecular flexibility index (Phi) is 5.40. The Labute approximate surface area is 108 Å². The summed E-state index contributed by atoms with van der Waals surface area (Å²) >= 11 is 0. The summed E-state index contributed by atoms with van der Waals surface area (Å²) in [4.78, 5) is 14.3. The van der Waals surface area contributed by atoms with Crippen LogP contribution in [0.15, 0.2) is 5.16 Å². The van der Waals surface area contributed by atoms with Gasteiger partial charge in [-0.05, 0) is 39.8 Å². The largest absolute Gasteiger partial charge is 0.409 e. The molecule has 0 aliphatic carbocycles. The molecule has 0 atom stereocenters. The smallest absolute Gasteiger partial charge is 0.233 e. The second-order valence-electron chi connectivity index (χ2n) is 5.27. The Morgan fingerprint density at radius 1 is 1.39 bits per heavy atom. The number of amidine groups is 1. The van der Waals surface area contributed by atoms with Crippen molar-refractivity contribution in [1.82, 2.24) is 10.2 Å². The van der Waals surface area contributed by atoms with E-state index in [-0.39, 0.29) is 11.7 Å². The summed E-state index contributed by atoms with van der Waals surface area (Å²) in [6, 6.07) is 0. The van der Waals surface area contributed by atoms with E-state index in [1.165, 1.54) is 19.3 Å². The van der Waals surface area contributed by atoms with Gasteiger partial charge in [-0.2, -0.15) is 0 Å². The van der Waals surface area contributed by atoms with Crippen LogP contribution in [0, 0.1) is 5.41 Å². The maximum atomic E-state index is 11.9. The zero-order valence-electron chi connectivity index (χ0n) is 11.3. The summed E-state index contributed by atoms with van der Waals surface area (Å²) in [5, 5.41) is 14.4. The molecular formula is C12H24N4O2. The highest BCUT2D eigenvalue weighted by atomic mass is 16.4. The van der Waals surface area contributed by atoms with Crippen molar-refractivity contribution in [3.05, 3.63) is 0 Å². The van der Waals surface area contributed by atoms with Gasteiger partial charge in [0.1, 0.15) is 5.41 Å². The number of rotatable bonds is 5. The number of likely N-dealkylation sites (tertiary alicyclic amines) is 1. The summed E-state index contributed by atoms with van der Waals surface area (Å²) < 4.78 is 0. The third-order valence-corrected chi connectivity index (χ3v) is 3.48. The highest BCUT2D eigenvalue weighted by Crippen LogP contribution is 2.15. The van der Waals surface area contributed by atoms with Gasteiger partial charge in [-0.3, -0.25) is 4.79 Å². The molecular weight excluding hydrogens is 232 g/mol. The summed E-state index contributed by atoms with van der Waals surface area (Å²) in [5.41, 5.74) is 4.52. The number of amides is 1. The molecule has 1 aliphatic rings. The van der Waals surface area contributed by atoms with Gasteiger partial charge in [-0.15, -0.1) is 0 Å². The first-order valence-corrected chi connectivity index (χ1v) is 6.47. The molecule has 0 aromatic carbocycles. The topological polar surface area (TPSA) is 91.0 Å². The quantitative estimate of drug-likeness (QED) is 0.287. The van der Waals surface area contributed by atoms with Crippen molar-refractivity contribution < 1.29 is 10.0 Å². The molecule has 0 bridgehead atoms. The second-order valence-corrected chi connectivity index (χ2v) is 5.27. The molecule has 1 fully saturated rings. The van der Waals surface area contributed by atoms with Gasteiger partial charge in [0, 0.05) is 13.1 Å². The average molecular weight is 256 g/mol. The van der Waals surface area contributed by atoms with Crippen molar-refractivity contribution in [3.63, 3.8) is 0 Å². The van der Waals surface area contributed by atoms with Crippen LogP contribution in [-0.4, -0.2) is 48.0 Å². The van der Waals surface area contributed by atoms with Crippen LogP contribution in [0.2, 0.25) is 0 Å². The Balaban J connectivity index is 2.32. The molecule has 1 rings (SSSR count). The fourth-order valence-electron chi connectivity index (χ4n) is 1.97. The van der Waals surface area contributed by atoms with Gasteiger partial charge >= 0.3 is 0 Å². The van der Waals surface area contributed by atoms with Crippen LogP contribution in [0.3, 0.4) is 0 Å². The van der Waals surface area contributed by atoms with Crippen molar-refractivity contribution in [1.29, 1.82) is 0 Å². The Morgan fingerprint density at radius 3 is 2.56 bits per heavy atom. The lowest BCUT2D eigenvalue weighted by atomic mass is 9.91. The average Bonchev–Trinajstić information content (AvgIpc) is 2.38. The zero-order chi connectivity index (χ0) is 13.6. The van der Waals surface area contributed by atoms with Crippen LogP contribution < -0.4 is 11.1 Å². The monoisotopic (exact) mass is 256 g/mol. The third-order valence-electron chi connectivity index (χ3n) is 3.48. The van der Waals surface area contributed by atoms with Crippen LogP contribution in [0.25, 0.3) is 0 Å². The zero-order valence-corrected chi connectivity index (χ0v) is 11.3. The van der Waals surface area contributed by atoms with E-state index in [4.69, 9.17) is 10.9 Å². The summed E-state index contributed by atoms with van der Waals surface area (Å²) in [5.74, 6) is -0.284. The molecule has 18 heavy (non-hydrogen) atoms. The molecule has 4 N–H and O–H groups in total. The highest BCUT2D eigenvalue weighted by Gasteiger charge is 2.32. The predicted octanol–water partition coefficient (Wildman–Crippen LogP) is 0.361. The SMILES string of the molecule is CC(C)(C(=O)NCCN1CCCCC1)C(N)=NO. The lowest BCUT2D eigenvalue weighted by molar-refractivity contribution is -0.126. The summed E-state index contributed by atoms with van der Waals surface area (Å²) in [7, 11) is 0. The predicted molar refractivity (Wildman–Crippen MR) is 70.5 cm³/mol. The van der Waals surface area contributed by atoms with Crippen LogP contribution in [0.5, 0.6) is 0 Å². The van der Waals surface area contributed by atoms with Gasteiger partial charge in [-0.1, -0.05) is 11.6 Å². The van der Waals surface area contributed by atoms with E-state index >= 15 is 0 Å². The van der Waals surface area contributed by atoms with Gasteiger partial charge in [0.25, 0.3) is 0 Å². The molecule has 0 saturated carbocycles. The molecule has 1 saturated heterocycles. The first-order chi connectivity index (χ1) is 8.48. The number of nitrogens with zero attached hydrogens (tertiary/aromatic N) is 2. The number of carbonyl (C=O) groups is 1. The van der Waals surface area contributed by atoms with Crippen LogP contribution in [0.1, 0.15) is 33.1 Å². The first-order valence-electron chi connectivity index (χ1n) is 6.47. The minimum Gasteiger partial charge on any atom is -0.409 e. The number of hydrogen-bond acceptors (Lipinski definition) is 4. The van der Waals surface area contributed by atoms with E-state index in [0.717, 1.165) is 19.6 Å². The standard InChI is InChI=1S/C12H24N4O2/c1-12(2,10(13)15-18)11(17)14-6-9-16-7-4-3-5-8-16/h18H,3-9H2,1-2H3,(H2,13,15)(H,14,17). The highest BCUT2D eigenvalue weighted by molar-refractivity contribution is 6.05. The second kappa shape index (κ2) is 6.58. The summed E-state index contributed by atoms with van der Waals surface area (Å²) in [6.45, 7) is 6.95. The van der Waals surface area contributed by atoms with Crippen molar-refractivity contribution in [2.24, 2.45) is 16.3 Å². The maximum Gasteiger partial charge on any atom is 0.233 e. The summed E-state index contributed by atoms with van der Waals surface area (Å²) in [6.07, 6.45) is 3.78. The molecule has 6 nitrogen and oxygen atoms in total. The van der Waals surface area contributed by atoms with Gasteiger partial charge in [0.15, 0.2) is 5.84 Å². The number of hydrogen-bond donors (Lipinski definition) is 3. The molecule has 0 spiro atoms. The van der Waals surface area contributed by atoms with Crippen molar-refractivity contribution in [3.8, 4) is 0 Å². The van der Waals surface area contributed by atoms with E-state index in [1.54, 1.807) is 13.8 Å². The lowest BCUT2D eigenvalue weighted by Crippen LogP contribution is -2.48. The molecule has 1 heterocycles. The van der Waals surface area contributed by atoms with E-state index in [2.05, 4.69) is 15.4 Å². The molecule has 0 aromatic rings. The van der Waals surface area contributed by atoms with E-state index in [1.807, 2.05) is 0 Å². The number of carbonyl (C=O) groups excluding carboxylic acids is 1. The molecule has 0 radical (unpaired) electrons. The molecule has 6 heteroatoms. The number of nitrogens with two attached hydrogens (primary N) is 1. The van der Waals surface area contributed by atoms with Gasteiger partial charge < -0.3 is 21.2 Å². The van der Waals surface area contributed by atoms with E-state index < -0.39 is 5.41 Å². The van der Waals surface area contributed by atoms with Crippen molar-refractivity contribution in [2.45, 2.75) is 33.1 Å². The fraction of sp³-hybridized carbons (Fsp3) is 0.833. The minimum atomic E-state index is -0.976. The molecule has 1 amide bonds. The molecule has 0 unspecified atom stereocenters. The van der Waals surface area contributed by atoms with Crippen molar-refractivity contribution >= 4 is 11.7 Å². The molecule has 0 aromatic heterocycles. The number of nitrogens with one attached hydrogen (secondary N) is 1. The molecule has 1 aliphatic heterocycles. The van der Waals surface area contributed by atoms with E-state index in [0.29, 0.717) is 6.54 Å². The Hall–Kier alpha value is -1.30. The Bertz CT molecular complexity index is 309. The van der Waals surface area contributed by atoms with Gasteiger partial charge in [0.05, 0.1) is 0 Å². The number of oxime groups is 1. The van der Waals surface area contributed by atoms with E-state index in [9.17, 15) is 4.79 Å². The maximum absolute atomic E-state index is 11.9. The van der Waals surface area contributed by atoms with Crippen molar-refractivity contribution in [2.75, 3.05) is 26.2 Å². The van der Waals surface area contributed by atoms with Crippen LogP contribution >= 0.6 is 0 Å². The molecule has 104 valence electrons. The van der Waals surface area contributed by atoms with Gasteiger partial charge in [-0.25, -0.2) is 0 Å². The normalized spacial score (nSPS) is 18.7. The third kappa shape index (κ3) is 3.87. The Morgan fingerprint density at radius 2 is 2.00 bits per heavy atom. The fourth-order valence-corrected chi connectivity index (χ4v) is 1.97. The van der Waals surface area contributed by atoms with Crippen LogP contribution in [0.4, 0.5) is 0 Å². The lowest BCUT2D eigenvalue weighted by Gasteiger charge is -2.27. The van der Waals surface area contributed by atoms with Crippen LogP contribution in [-0.2, 0) is 4.79 Å². The first kappa shape index (κ1) is 14.8. The van der Waals surface area contributed by atoms with Gasteiger partial charge in [0.2, 0.25) is 5.91 Å².